The van der Waals surface area contributed by atoms with Crippen molar-refractivity contribution in [1.29, 1.82) is 0 Å². The molecule has 0 bridgehead atoms. The Morgan fingerprint density at radius 2 is 2.17 bits per heavy atom. The summed E-state index contributed by atoms with van der Waals surface area (Å²) in [6, 6.07) is 6.27. The van der Waals surface area contributed by atoms with Crippen molar-refractivity contribution in [3.05, 3.63) is 35.4 Å². The number of benzene rings is 1. The fraction of sp³-hybridized carbons (Fsp3) is 0.471. The highest BCUT2D eigenvalue weighted by molar-refractivity contribution is 7.99. The van der Waals surface area contributed by atoms with E-state index in [1.54, 1.807) is 28.8 Å². The predicted octanol–water partition coefficient (Wildman–Crippen LogP) is 1.75. The summed E-state index contributed by atoms with van der Waals surface area (Å²) in [5.74, 6) is 0.109. The van der Waals surface area contributed by atoms with Gasteiger partial charge in [0.2, 0.25) is 11.8 Å². The summed E-state index contributed by atoms with van der Waals surface area (Å²) in [6.45, 7) is 2.36. The van der Waals surface area contributed by atoms with Gasteiger partial charge in [-0.1, -0.05) is 19.1 Å². The number of thioether (sulfide) groups is 1. The lowest BCUT2D eigenvalue weighted by Gasteiger charge is -2.23. The molecule has 2 rings (SSSR count). The molecule has 1 aromatic carbocycles. The molecule has 1 aliphatic heterocycles. The molecule has 2 amide bonds. The van der Waals surface area contributed by atoms with Gasteiger partial charge in [-0.3, -0.25) is 9.59 Å². The number of rotatable bonds is 7. The molecule has 1 saturated heterocycles. The number of amides is 2. The average molecular weight is 350 g/mol. The fourth-order valence-electron chi connectivity index (χ4n) is 2.57. The molecule has 1 aliphatic rings. The van der Waals surface area contributed by atoms with Gasteiger partial charge in [-0.2, -0.15) is 0 Å². The van der Waals surface area contributed by atoms with E-state index in [-0.39, 0.29) is 17.4 Å². The van der Waals surface area contributed by atoms with Crippen LogP contribution in [0.15, 0.2) is 24.3 Å². The van der Waals surface area contributed by atoms with E-state index >= 15 is 0 Å². The van der Waals surface area contributed by atoms with E-state index in [1.807, 2.05) is 13.0 Å². The van der Waals surface area contributed by atoms with Crippen molar-refractivity contribution >= 4 is 29.5 Å². The molecule has 0 spiro atoms. The zero-order chi connectivity index (χ0) is 17.5. The number of nitrogens with one attached hydrogen (secondary N) is 1. The van der Waals surface area contributed by atoms with Crippen LogP contribution in [0.3, 0.4) is 0 Å². The number of aromatic carboxylic acids is 1. The third-order valence-electron chi connectivity index (χ3n) is 3.86. The number of carboxylic acids is 1. The van der Waals surface area contributed by atoms with Crippen LogP contribution in [0.2, 0.25) is 0 Å². The molecule has 24 heavy (non-hydrogen) atoms. The van der Waals surface area contributed by atoms with E-state index in [4.69, 9.17) is 5.11 Å². The standard InChI is InChI=1S/C17H22N2O4S/c1-2-4-15(20)19-11-24-10-14(19)16(21)18-8-7-12-5-3-6-13(9-12)17(22)23/h3,5-6,9,14H,2,4,7-8,10-11H2,1H3,(H,18,21)(H,22,23). The Bertz CT molecular complexity index is 620. The minimum absolute atomic E-state index is 0.0248. The van der Waals surface area contributed by atoms with Crippen molar-refractivity contribution in [2.45, 2.75) is 32.2 Å². The second-order valence-electron chi connectivity index (χ2n) is 5.68. The molecule has 0 aliphatic carbocycles. The molecule has 1 unspecified atom stereocenters. The molecule has 6 nitrogen and oxygen atoms in total. The van der Waals surface area contributed by atoms with Crippen LogP contribution >= 0.6 is 11.8 Å². The summed E-state index contributed by atoms with van der Waals surface area (Å²) in [6.07, 6.45) is 1.79. The first kappa shape index (κ1) is 18.3. The van der Waals surface area contributed by atoms with Gasteiger partial charge in [0.05, 0.1) is 11.4 Å². The van der Waals surface area contributed by atoms with E-state index in [0.717, 1.165) is 12.0 Å². The number of carbonyl (C=O) groups excluding carboxylic acids is 2. The Balaban J connectivity index is 1.85. The maximum absolute atomic E-state index is 12.3. The van der Waals surface area contributed by atoms with Crippen molar-refractivity contribution in [2.75, 3.05) is 18.2 Å². The average Bonchev–Trinajstić information content (AvgIpc) is 3.05. The van der Waals surface area contributed by atoms with Gasteiger partial charge < -0.3 is 15.3 Å². The van der Waals surface area contributed by atoms with Crippen molar-refractivity contribution in [2.24, 2.45) is 0 Å². The van der Waals surface area contributed by atoms with Gasteiger partial charge in [-0.05, 0) is 30.5 Å². The van der Waals surface area contributed by atoms with Gasteiger partial charge in [-0.15, -0.1) is 11.8 Å². The third kappa shape index (κ3) is 4.74. The number of nitrogens with zero attached hydrogens (tertiary/aromatic N) is 1. The zero-order valence-corrected chi connectivity index (χ0v) is 14.5. The SMILES string of the molecule is CCCC(=O)N1CSCC1C(=O)NCCc1cccc(C(=O)O)c1. The lowest BCUT2D eigenvalue weighted by molar-refractivity contribution is -0.138. The number of carboxylic acid groups (broad SMARTS) is 1. The maximum atomic E-state index is 12.3. The second-order valence-corrected chi connectivity index (χ2v) is 6.68. The Kier molecular flexibility index (Phi) is 6.66. The van der Waals surface area contributed by atoms with Crippen LogP contribution in [0.4, 0.5) is 0 Å². The van der Waals surface area contributed by atoms with Gasteiger partial charge in [-0.25, -0.2) is 4.79 Å². The predicted molar refractivity (Wildman–Crippen MR) is 93.0 cm³/mol. The molecule has 1 fully saturated rings. The molecule has 130 valence electrons. The highest BCUT2D eigenvalue weighted by atomic mass is 32.2. The first-order valence-electron chi connectivity index (χ1n) is 8.00. The van der Waals surface area contributed by atoms with E-state index in [1.165, 1.54) is 6.07 Å². The number of hydrogen-bond donors (Lipinski definition) is 2. The Morgan fingerprint density at radius 3 is 2.88 bits per heavy atom. The zero-order valence-electron chi connectivity index (χ0n) is 13.7. The Hall–Kier alpha value is -2.02. The summed E-state index contributed by atoms with van der Waals surface area (Å²) in [5, 5.41) is 11.8. The highest BCUT2D eigenvalue weighted by Crippen LogP contribution is 2.22. The highest BCUT2D eigenvalue weighted by Gasteiger charge is 2.33. The van der Waals surface area contributed by atoms with Gasteiger partial charge in [0.15, 0.2) is 0 Å². The molecule has 1 aromatic rings. The van der Waals surface area contributed by atoms with Crippen molar-refractivity contribution < 1.29 is 19.5 Å². The topological polar surface area (TPSA) is 86.7 Å². The maximum Gasteiger partial charge on any atom is 0.335 e. The lowest BCUT2D eigenvalue weighted by atomic mass is 10.1. The van der Waals surface area contributed by atoms with Crippen molar-refractivity contribution in [3.8, 4) is 0 Å². The van der Waals surface area contributed by atoms with E-state index in [2.05, 4.69) is 5.32 Å². The summed E-state index contributed by atoms with van der Waals surface area (Å²) in [7, 11) is 0. The van der Waals surface area contributed by atoms with Gasteiger partial charge in [0.25, 0.3) is 0 Å². The molecular formula is C17H22N2O4S. The molecular weight excluding hydrogens is 328 g/mol. The smallest absolute Gasteiger partial charge is 0.335 e. The van der Waals surface area contributed by atoms with Crippen LogP contribution in [0.1, 0.15) is 35.7 Å². The van der Waals surface area contributed by atoms with E-state index in [0.29, 0.717) is 31.0 Å². The second kappa shape index (κ2) is 8.73. The fourth-order valence-corrected chi connectivity index (χ4v) is 3.75. The molecule has 0 saturated carbocycles. The molecule has 0 radical (unpaired) electrons. The van der Waals surface area contributed by atoms with Crippen LogP contribution in [0.25, 0.3) is 0 Å². The van der Waals surface area contributed by atoms with Crippen LogP contribution in [-0.4, -0.2) is 52.0 Å². The Morgan fingerprint density at radius 1 is 1.38 bits per heavy atom. The molecule has 2 N–H and O–H groups in total. The third-order valence-corrected chi connectivity index (χ3v) is 4.87. The summed E-state index contributed by atoms with van der Waals surface area (Å²) >= 11 is 1.59. The van der Waals surface area contributed by atoms with Gasteiger partial charge in [0.1, 0.15) is 6.04 Å². The monoisotopic (exact) mass is 350 g/mol. The quantitative estimate of drug-likeness (QED) is 0.782. The summed E-state index contributed by atoms with van der Waals surface area (Å²) in [5.41, 5.74) is 1.09. The first-order chi connectivity index (χ1) is 11.5. The summed E-state index contributed by atoms with van der Waals surface area (Å²) < 4.78 is 0. The normalized spacial score (nSPS) is 16.9. The van der Waals surface area contributed by atoms with Crippen molar-refractivity contribution in [3.63, 3.8) is 0 Å². The van der Waals surface area contributed by atoms with Crippen LogP contribution in [0, 0.1) is 0 Å². The minimum Gasteiger partial charge on any atom is -0.478 e. The number of carbonyl (C=O) groups is 3. The molecule has 1 atom stereocenters. The Labute approximate surface area is 145 Å². The van der Waals surface area contributed by atoms with Crippen LogP contribution in [0.5, 0.6) is 0 Å². The van der Waals surface area contributed by atoms with Crippen molar-refractivity contribution in [1.82, 2.24) is 10.2 Å². The largest absolute Gasteiger partial charge is 0.478 e. The molecule has 0 aromatic heterocycles. The van der Waals surface area contributed by atoms with Crippen LogP contribution < -0.4 is 5.32 Å². The van der Waals surface area contributed by atoms with Crippen LogP contribution in [-0.2, 0) is 16.0 Å². The molecule has 7 heteroatoms. The summed E-state index contributed by atoms with van der Waals surface area (Å²) in [4.78, 5) is 37.0. The molecule has 1 heterocycles. The first-order valence-corrected chi connectivity index (χ1v) is 9.15. The van der Waals surface area contributed by atoms with Gasteiger partial charge >= 0.3 is 5.97 Å². The number of hydrogen-bond acceptors (Lipinski definition) is 4. The van der Waals surface area contributed by atoms with E-state index in [9.17, 15) is 14.4 Å². The van der Waals surface area contributed by atoms with Gasteiger partial charge in [0, 0.05) is 18.7 Å². The van der Waals surface area contributed by atoms with E-state index < -0.39 is 12.0 Å². The lowest BCUT2D eigenvalue weighted by Crippen LogP contribution is -2.47. The minimum atomic E-state index is -0.964.